The van der Waals surface area contributed by atoms with E-state index < -0.39 is 0 Å². The lowest BCUT2D eigenvalue weighted by Gasteiger charge is -2.21. The predicted molar refractivity (Wildman–Crippen MR) is 87.8 cm³/mol. The van der Waals surface area contributed by atoms with E-state index >= 15 is 0 Å². The smallest absolute Gasteiger partial charge is 0.254 e. The summed E-state index contributed by atoms with van der Waals surface area (Å²) in [4.78, 5) is 15.7. The van der Waals surface area contributed by atoms with Crippen LogP contribution in [0.15, 0.2) is 64.6 Å². The van der Waals surface area contributed by atoms with Crippen LogP contribution in [0.4, 0.5) is 0 Å². The van der Waals surface area contributed by atoms with Crippen LogP contribution in [0.3, 0.4) is 0 Å². The lowest BCUT2D eigenvalue weighted by Crippen LogP contribution is -2.29. The van der Waals surface area contributed by atoms with Gasteiger partial charge in [0.1, 0.15) is 5.76 Å². The third-order valence-corrected chi connectivity index (χ3v) is 4.24. The molecule has 0 aliphatic carbocycles. The highest BCUT2D eigenvalue weighted by Crippen LogP contribution is 2.18. The normalized spacial score (nSPS) is 10.2. The SMILES string of the molecule is N#Cc1cccc(C(=O)N(Cc2ccco2)Cc2cccs2)c1. The zero-order valence-corrected chi connectivity index (χ0v) is 13.1. The summed E-state index contributed by atoms with van der Waals surface area (Å²) in [5.41, 5.74) is 0.983. The van der Waals surface area contributed by atoms with Crippen molar-refractivity contribution in [1.29, 1.82) is 5.26 Å². The highest BCUT2D eigenvalue weighted by Gasteiger charge is 2.18. The highest BCUT2D eigenvalue weighted by molar-refractivity contribution is 7.09. The summed E-state index contributed by atoms with van der Waals surface area (Å²) in [6.07, 6.45) is 1.60. The van der Waals surface area contributed by atoms with Gasteiger partial charge in [0.05, 0.1) is 31.0 Å². The summed E-state index contributed by atoms with van der Waals surface area (Å²) < 4.78 is 5.37. The molecule has 4 nitrogen and oxygen atoms in total. The van der Waals surface area contributed by atoms with E-state index in [2.05, 4.69) is 6.07 Å². The molecule has 0 spiro atoms. The van der Waals surface area contributed by atoms with Crippen LogP contribution in [0, 0.1) is 11.3 Å². The van der Waals surface area contributed by atoms with Gasteiger partial charge in [0.15, 0.2) is 0 Å². The van der Waals surface area contributed by atoms with Crippen molar-refractivity contribution in [2.45, 2.75) is 13.1 Å². The summed E-state index contributed by atoms with van der Waals surface area (Å²) in [6.45, 7) is 0.897. The minimum Gasteiger partial charge on any atom is -0.467 e. The topological polar surface area (TPSA) is 57.2 Å². The molecule has 1 amide bonds. The van der Waals surface area contributed by atoms with Crippen molar-refractivity contribution in [1.82, 2.24) is 4.90 Å². The summed E-state index contributed by atoms with van der Waals surface area (Å²) in [6, 6.07) is 16.4. The van der Waals surface area contributed by atoms with E-state index in [0.717, 1.165) is 10.6 Å². The zero-order chi connectivity index (χ0) is 16.1. The second-order valence-corrected chi connectivity index (χ2v) is 6.04. The first-order valence-corrected chi connectivity index (χ1v) is 7.98. The number of thiophene rings is 1. The van der Waals surface area contributed by atoms with Gasteiger partial charge < -0.3 is 9.32 Å². The summed E-state index contributed by atoms with van der Waals surface area (Å²) in [5, 5.41) is 11.0. The van der Waals surface area contributed by atoms with Gasteiger partial charge >= 0.3 is 0 Å². The molecule has 114 valence electrons. The van der Waals surface area contributed by atoms with Crippen molar-refractivity contribution < 1.29 is 9.21 Å². The van der Waals surface area contributed by atoms with E-state index in [1.165, 1.54) is 0 Å². The molecule has 23 heavy (non-hydrogen) atoms. The van der Waals surface area contributed by atoms with Gasteiger partial charge in [-0.1, -0.05) is 12.1 Å². The maximum Gasteiger partial charge on any atom is 0.254 e. The fourth-order valence-corrected chi connectivity index (χ4v) is 3.00. The number of hydrogen-bond donors (Lipinski definition) is 0. The van der Waals surface area contributed by atoms with Crippen LogP contribution in [0.25, 0.3) is 0 Å². The van der Waals surface area contributed by atoms with Gasteiger partial charge in [-0.3, -0.25) is 4.79 Å². The Morgan fingerprint density at radius 2 is 2.09 bits per heavy atom. The molecule has 0 saturated carbocycles. The standard InChI is InChI=1S/C18H14N2O2S/c19-11-14-4-1-5-15(10-14)18(21)20(12-16-6-2-8-22-16)13-17-7-3-9-23-17/h1-10H,12-13H2. The van der Waals surface area contributed by atoms with E-state index in [0.29, 0.717) is 24.2 Å². The first kappa shape index (κ1) is 15.1. The molecule has 3 rings (SSSR count). The Morgan fingerprint density at radius 1 is 1.17 bits per heavy atom. The molecule has 5 heteroatoms. The molecule has 0 unspecified atom stereocenters. The molecule has 0 fully saturated rings. The number of rotatable bonds is 5. The van der Waals surface area contributed by atoms with Crippen LogP contribution in [0.1, 0.15) is 26.6 Å². The quantitative estimate of drug-likeness (QED) is 0.712. The molecule has 0 saturated heterocycles. The molecule has 0 aliphatic rings. The van der Waals surface area contributed by atoms with Crippen molar-refractivity contribution in [2.75, 3.05) is 0 Å². The van der Waals surface area contributed by atoms with Crippen LogP contribution in [-0.2, 0) is 13.1 Å². The molecular weight excluding hydrogens is 308 g/mol. The third-order valence-electron chi connectivity index (χ3n) is 3.38. The third kappa shape index (κ3) is 3.68. The van der Waals surface area contributed by atoms with E-state index in [9.17, 15) is 4.79 Å². The number of carbonyl (C=O) groups is 1. The second kappa shape index (κ2) is 6.95. The van der Waals surface area contributed by atoms with Crippen molar-refractivity contribution >= 4 is 17.2 Å². The largest absolute Gasteiger partial charge is 0.467 e. The number of nitriles is 1. The van der Waals surface area contributed by atoms with Gasteiger partial charge in [-0.2, -0.15) is 5.26 Å². The Morgan fingerprint density at radius 3 is 2.78 bits per heavy atom. The Labute approximate surface area is 138 Å². The average molecular weight is 322 g/mol. The van der Waals surface area contributed by atoms with Crippen LogP contribution < -0.4 is 0 Å². The second-order valence-electron chi connectivity index (χ2n) is 5.01. The van der Waals surface area contributed by atoms with E-state index in [4.69, 9.17) is 9.68 Å². The van der Waals surface area contributed by atoms with E-state index in [1.807, 2.05) is 23.6 Å². The number of hydrogen-bond acceptors (Lipinski definition) is 4. The Balaban J connectivity index is 1.86. The minimum atomic E-state index is -0.119. The molecule has 0 N–H and O–H groups in total. The maximum atomic E-state index is 12.8. The number of nitrogens with zero attached hydrogens (tertiary/aromatic N) is 2. The highest BCUT2D eigenvalue weighted by atomic mass is 32.1. The van der Waals surface area contributed by atoms with Crippen LogP contribution in [0.5, 0.6) is 0 Å². The summed E-state index contributed by atoms with van der Waals surface area (Å²) in [5.74, 6) is 0.609. The molecule has 1 aromatic carbocycles. The molecular formula is C18H14N2O2S. The Kier molecular flexibility index (Phi) is 4.55. The molecule has 0 bridgehead atoms. The molecule has 2 heterocycles. The van der Waals surface area contributed by atoms with Crippen molar-refractivity contribution in [3.63, 3.8) is 0 Å². The van der Waals surface area contributed by atoms with Gasteiger partial charge in [0.2, 0.25) is 0 Å². The number of carbonyl (C=O) groups excluding carboxylic acids is 1. The maximum absolute atomic E-state index is 12.8. The monoisotopic (exact) mass is 322 g/mol. The molecule has 0 atom stereocenters. The van der Waals surface area contributed by atoms with Gasteiger partial charge in [-0.15, -0.1) is 11.3 Å². The molecule has 3 aromatic rings. The Hall–Kier alpha value is -2.84. The van der Waals surface area contributed by atoms with E-state index in [-0.39, 0.29) is 5.91 Å². The Bertz CT molecular complexity index is 781. The van der Waals surface area contributed by atoms with Crippen molar-refractivity contribution in [3.8, 4) is 6.07 Å². The van der Waals surface area contributed by atoms with Gasteiger partial charge in [-0.05, 0) is 41.8 Å². The first-order valence-electron chi connectivity index (χ1n) is 7.10. The van der Waals surface area contributed by atoms with Gasteiger partial charge in [0.25, 0.3) is 5.91 Å². The van der Waals surface area contributed by atoms with Gasteiger partial charge in [0, 0.05) is 10.4 Å². The lowest BCUT2D eigenvalue weighted by molar-refractivity contribution is 0.0719. The summed E-state index contributed by atoms with van der Waals surface area (Å²) >= 11 is 1.61. The fourth-order valence-electron chi connectivity index (χ4n) is 2.29. The van der Waals surface area contributed by atoms with Crippen LogP contribution in [-0.4, -0.2) is 10.8 Å². The van der Waals surface area contributed by atoms with E-state index in [1.54, 1.807) is 52.8 Å². The average Bonchev–Trinajstić information content (AvgIpc) is 3.27. The molecule has 2 aromatic heterocycles. The lowest BCUT2D eigenvalue weighted by atomic mass is 10.1. The zero-order valence-electron chi connectivity index (χ0n) is 12.3. The number of amides is 1. The first-order chi connectivity index (χ1) is 11.3. The predicted octanol–water partition coefficient (Wildman–Crippen LogP) is 4.06. The molecule has 0 aliphatic heterocycles. The van der Waals surface area contributed by atoms with Crippen molar-refractivity contribution in [3.05, 3.63) is 81.9 Å². The fraction of sp³-hybridized carbons (Fsp3) is 0.111. The van der Waals surface area contributed by atoms with Crippen LogP contribution in [0.2, 0.25) is 0 Å². The molecule has 0 radical (unpaired) electrons. The summed E-state index contributed by atoms with van der Waals surface area (Å²) in [7, 11) is 0. The number of benzene rings is 1. The number of furan rings is 1. The van der Waals surface area contributed by atoms with Crippen molar-refractivity contribution in [2.24, 2.45) is 0 Å². The minimum absolute atomic E-state index is 0.119. The van der Waals surface area contributed by atoms with Gasteiger partial charge in [-0.25, -0.2) is 0 Å². The van der Waals surface area contributed by atoms with Crippen LogP contribution >= 0.6 is 11.3 Å².